The molecule has 0 bridgehead atoms. The lowest BCUT2D eigenvalue weighted by molar-refractivity contribution is -0.140. The van der Waals surface area contributed by atoms with Crippen molar-refractivity contribution < 1.29 is 28.6 Å². The molecule has 0 aliphatic rings. The van der Waals surface area contributed by atoms with Gasteiger partial charge in [-0.25, -0.2) is 9.18 Å². The molecule has 0 aliphatic heterocycles. The first kappa shape index (κ1) is 17.8. The van der Waals surface area contributed by atoms with E-state index in [1.165, 1.54) is 12.1 Å². The highest BCUT2D eigenvalue weighted by molar-refractivity contribution is 9.10. The maximum atomic E-state index is 13.6. The van der Waals surface area contributed by atoms with Crippen LogP contribution in [-0.2, 0) is 19.1 Å². The summed E-state index contributed by atoms with van der Waals surface area (Å²) >= 11 is 3.08. The van der Waals surface area contributed by atoms with E-state index in [0.717, 1.165) is 20.3 Å². The predicted octanol–water partition coefficient (Wildman–Crippen LogP) is 3.18. The SMILES string of the molecule is COC(=O)C/C(O)=C(/N=Nc1c(F)cccc1Br)C(=O)OC. The largest absolute Gasteiger partial charge is 0.509 e. The Morgan fingerprint density at radius 1 is 1.32 bits per heavy atom. The maximum absolute atomic E-state index is 13.6. The van der Waals surface area contributed by atoms with E-state index in [-0.39, 0.29) is 5.69 Å². The minimum atomic E-state index is -1.03. The van der Waals surface area contributed by atoms with E-state index in [4.69, 9.17) is 0 Å². The van der Waals surface area contributed by atoms with Gasteiger partial charge >= 0.3 is 11.9 Å². The Morgan fingerprint density at radius 3 is 2.55 bits per heavy atom. The van der Waals surface area contributed by atoms with Crippen LogP contribution in [0.5, 0.6) is 0 Å². The third-order valence-corrected chi connectivity index (χ3v) is 3.02. The summed E-state index contributed by atoms with van der Waals surface area (Å²) in [6, 6.07) is 4.12. The van der Waals surface area contributed by atoms with E-state index in [1.807, 2.05) is 0 Å². The van der Waals surface area contributed by atoms with Gasteiger partial charge in [-0.3, -0.25) is 4.79 Å². The first-order valence-corrected chi connectivity index (χ1v) is 6.63. The predicted molar refractivity (Wildman–Crippen MR) is 76.9 cm³/mol. The molecule has 118 valence electrons. The molecule has 0 saturated carbocycles. The number of hydrogen-bond donors (Lipinski definition) is 1. The number of methoxy groups -OCH3 is 2. The van der Waals surface area contributed by atoms with E-state index in [2.05, 4.69) is 35.6 Å². The van der Waals surface area contributed by atoms with E-state index >= 15 is 0 Å². The summed E-state index contributed by atoms with van der Waals surface area (Å²) < 4.78 is 22.7. The zero-order chi connectivity index (χ0) is 16.7. The van der Waals surface area contributed by atoms with Gasteiger partial charge in [-0.1, -0.05) is 6.07 Å². The highest BCUT2D eigenvalue weighted by atomic mass is 79.9. The van der Waals surface area contributed by atoms with Crippen LogP contribution in [0.1, 0.15) is 6.42 Å². The smallest absolute Gasteiger partial charge is 0.362 e. The second-order valence-electron chi connectivity index (χ2n) is 3.81. The lowest BCUT2D eigenvalue weighted by Gasteiger charge is -2.04. The summed E-state index contributed by atoms with van der Waals surface area (Å²) in [6.45, 7) is 0. The number of carbonyl (C=O) groups is 2. The van der Waals surface area contributed by atoms with Crippen molar-refractivity contribution in [1.29, 1.82) is 0 Å². The molecule has 1 rings (SSSR count). The van der Waals surface area contributed by atoms with Crippen LogP contribution in [0.25, 0.3) is 0 Å². The Kier molecular flexibility index (Phi) is 6.64. The zero-order valence-corrected chi connectivity index (χ0v) is 13.3. The molecule has 0 radical (unpaired) electrons. The minimum absolute atomic E-state index is 0.172. The first-order chi connectivity index (χ1) is 10.4. The third-order valence-electron chi connectivity index (χ3n) is 2.38. The number of ether oxygens (including phenoxy) is 2. The molecule has 9 heteroatoms. The fraction of sp³-hybridized carbons (Fsp3) is 0.231. The number of rotatable bonds is 5. The molecule has 0 amide bonds. The highest BCUT2D eigenvalue weighted by Crippen LogP contribution is 2.29. The zero-order valence-electron chi connectivity index (χ0n) is 11.7. The van der Waals surface area contributed by atoms with Crippen molar-refractivity contribution in [3.63, 3.8) is 0 Å². The summed E-state index contributed by atoms with van der Waals surface area (Å²) in [5, 5.41) is 16.8. The molecule has 0 aromatic heterocycles. The van der Waals surface area contributed by atoms with Gasteiger partial charge in [-0.15, -0.1) is 10.2 Å². The average molecular weight is 375 g/mol. The lowest BCUT2D eigenvalue weighted by Crippen LogP contribution is -2.09. The van der Waals surface area contributed by atoms with Crippen molar-refractivity contribution in [3.8, 4) is 0 Å². The number of azo groups is 1. The van der Waals surface area contributed by atoms with Gasteiger partial charge in [0.15, 0.2) is 5.82 Å². The van der Waals surface area contributed by atoms with Gasteiger partial charge in [0, 0.05) is 4.47 Å². The second-order valence-corrected chi connectivity index (χ2v) is 4.66. The van der Waals surface area contributed by atoms with Gasteiger partial charge in [0.1, 0.15) is 17.9 Å². The van der Waals surface area contributed by atoms with Crippen molar-refractivity contribution in [2.75, 3.05) is 14.2 Å². The van der Waals surface area contributed by atoms with E-state index in [0.29, 0.717) is 4.47 Å². The fourth-order valence-corrected chi connectivity index (χ4v) is 1.71. The van der Waals surface area contributed by atoms with Crippen LogP contribution in [0, 0.1) is 5.82 Å². The first-order valence-electron chi connectivity index (χ1n) is 5.83. The van der Waals surface area contributed by atoms with Crippen molar-refractivity contribution in [1.82, 2.24) is 0 Å². The number of halogens is 2. The normalized spacial score (nSPS) is 12.0. The highest BCUT2D eigenvalue weighted by Gasteiger charge is 2.19. The molecule has 22 heavy (non-hydrogen) atoms. The Hall–Kier alpha value is -2.29. The van der Waals surface area contributed by atoms with Crippen LogP contribution >= 0.6 is 15.9 Å². The van der Waals surface area contributed by atoms with Crippen LogP contribution in [0.3, 0.4) is 0 Å². The third kappa shape index (κ3) is 4.62. The van der Waals surface area contributed by atoms with Crippen molar-refractivity contribution in [2.24, 2.45) is 10.2 Å². The molecule has 0 atom stereocenters. The summed E-state index contributed by atoms with van der Waals surface area (Å²) in [4.78, 5) is 22.7. The minimum Gasteiger partial charge on any atom is -0.509 e. The van der Waals surface area contributed by atoms with Crippen molar-refractivity contribution in [2.45, 2.75) is 6.42 Å². The summed E-state index contributed by atoms with van der Waals surface area (Å²) in [7, 11) is 2.17. The molecule has 7 nitrogen and oxygen atoms in total. The fourth-order valence-electron chi connectivity index (χ4n) is 1.29. The summed E-state index contributed by atoms with van der Waals surface area (Å²) in [6.07, 6.45) is -0.599. The second kappa shape index (κ2) is 8.23. The number of benzene rings is 1. The van der Waals surface area contributed by atoms with E-state index < -0.39 is 35.6 Å². The van der Waals surface area contributed by atoms with Crippen LogP contribution in [0.4, 0.5) is 10.1 Å². The Bertz CT molecular complexity index is 625. The van der Waals surface area contributed by atoms with Gasteiger partial charge < -0.3 is 14.6 Å². The van der Waals surface area contributed by atoms with Crippen LogP contribution < -0.4 is 0 Å². The maximum Gasteiger partial charge on any atom is 0.362 e. The molecule has 0 fully saturated rings. The molecule has 1 aromatic rings. The standard InChI is InChI=1S/C13H12BrFN2O5/c1-21-10(19)6-9(18)12(13(20)22-2)17-16-11-7(14)4-3-5-8(11)15/h3-5,18H,6H2,1-2H3/b12-9-,17-16?. The molecule has 0 aliphatic carbocycles. The van der Waals surface area contributed by atoms with Gasteiger partial charge in [0.2, 0.25) is 5.70 Å². The molecule has 0 unspecified atom stereocenters. The van der Waals surface area contributed by atoms with Crippen LogP contribution in [-0.4, -0.2) is 31.3 Å². The van der Waals surface area contributed by atoms with Gasteiger partial charge in [0.05, 0.1) is 14.2 Å². The summed E-state index contributed by atoms with van der Waals surface area (Å²) in [5.41, 5.74) is -0.794. The Labute approximate surface area is 133 Å². The van der Waals surface area contributed by atoms with Gasteiger partial charge in [-0.2, -0.15) is 0 Å². The molecule has 0 spiro atoms. The van der Waals surface area contributed by atoms with Crippen LogP contribution in [0.15, 0.2) is 44.4 Å². The van der Waals surface area contributed by atoms with Crippen molar-refractivity contribution >= 4 is 33.6 Å². The topological polar surface area (TPSA) is 97.5 Å². The molecular weight excluding hydrogens is 363 g/mol. The van der Waals surface area contributed by atoms with E-state index in [1.54, 1.807) is 0 Å². The summed E-state index contributed by atoms with van der Waals surface area (Å²) in [5.74, 6) is -3.21. The molecule has 0 saturated heterocycles. The lowest BCUT2D eigenvalue weighted by atomic mass is 10.3. The number of aliphatic hydroxyl groups is 1. The number of aliphatic hydroxyl groups excluding tert-OH is 1. The van der Waals surface area contributed by atoms with Crippen molar-refractivity contribution in [3.05, 3.63) is 39.9 Å². The number of hydrogen-bond acceptors (Lipinski definition) is 7. The quantitative estimate of drug-likeness (QED) is 0.369. The Morgan fingerprint density at radius 2 is 2.00 bits per heavy atom. The molecular formula is C13H12BrFN2O5. The average Bonchev–Trinajstić information content (AvgIpc) is 2.49. The Balaban J connectivity index is 3.19. The van der Waals surface area contributed by atoms with Crippen LogP contribution in [0.2, 0.25) is 0 Å². The van der Waals surface area contributed by atoms with Gasteiger partial charge in [-0.05, 0) is 28.1 Å². The number of esters is 2. The van der Waals surface area contributed by atoms with E-state index in [9.17, 15) is 19.1 Å². The number of nitrogens with zero attached hydrogens (tertiary/aromatic N) is 2. The molecule has 0 heterocycles. The molecule has 1 N–H and O–H groups in total. The molecule has 1 aromatic carbocycles. The van der Waals surface area contributed by atoms with Gasteiger partial charge in [0.25, 0.3) is 0 Å². The number of carbonyl (C=O) groups excluding carboxylic acids is 2. The monoisotopic (exact) mass is 374 g/mol.